The maximum absolute atomic E-state index is 14.6. The summed E-state index contributed by atoms with van der Waals surface area (Å²) in [6, 6.07) is 27.5. The Morgan fingerprint density at radius 2 is 1.62 bits per heavy atom. The van der Waals surface area contributed by atoms with Gasteiger partial charge in [0.2, 0.25) is 0 Å². The first-order valence-electron chi connectivity index (χ1n) is 18.8. The minimum Gasteiger partial charge on any atom is -0.505 e. The lowest BCUT2D eigenvalue weighted by molar-refractivity contribution is 0.0989. The predicted molar refractivity (Wildman–Crippen MR) is 212 cm³/mol. The number of aromatic hydroxyl groups is 1. The van der Waals surface area contributed by atoms with Crippen molar-refractivity contribution in [3.8, 4) is 34.0 Å². The fourth-order valence-electron chi connectivity index (χ4n) is 7.68. The molecule has 55 heavy (non-hydrogen) atoms. The fourth-order valence-corrected chi connectivity index (χ4v) is 9.16. The monoisotopic (exact) mass is 754 g/mol. The van der Waals surface area contributed by atoms with Crippen LogP contribution >= 0.6 is 0 Å². The van der Waals surface area contributed by atoms with E-state index in [0.29, 0.717) is 50.8 Å². The zero-order valence-corrected chi connectivity index (χ0v) is 31.7. The number of carbonyl (C=O) groups is 1. The smallest absolute Gasteiger partial charge is 0.269 e. The quantitative estimate of drug-likeness (QED) is 0.182. The van der Waals surface area contributed by atoms with Gasteiger partial charge < -0.3 is 19.6 Å². The summed E-state index contributed by atoms with van der Waals surface area (Å²) in [5.41, 5.74) is 5.95. The number of likely N-dealkylation sites (N-methyl/N-ethyl adjacent to an activating group) is 1. The van der Waals surface area contributed by atoms with Crippen LogP contribution < -0.4 is 9.64 Å². The summed E-state index contributed by atoms with van der Waals surface area (Å²) < 4.78 is 36.5. The third kappa shape index (κ3) is 6.53. The van der Waals surface area contributed by atoms with Crippen LogP contribution in [-0.2, 0) is 16.6 Å². The van der Waals surface area contributed by atoms with E-state index in [-0.39, 0.29) is 35.4 Å². The van der Waals surface area contributed by atoms with E-state index in [9.17, 15) is 18.3 Å². The molecule has 0 spiro atoms. The van der Waals surface area contributed by atoms with Crippen molar-refractivity contribution in [1.82, 2.24) is 23.7 Å². The van der Waals surface area contributed by atoms with Gasteiger partial charge in [-0.3, -0.25) is 9.69 Å². The summed E-state index contributed by atoms with van der Waals surface area (Å²) >= 11 is 0. The van der Waals surface area contributed by atoms with Gasteiger partial charge in [-0.2, -0.15) is 0 Å². The highest BCUT2D eigenvalue weighted by molar-refractivity contribution is 7.90. The Morgan fingerprint density at radius 3 is 2.36 bits per heavy atom. The lowest BCUT2D eigenvalue weighted by Gasteiger charge is -2.32. The fraction of sp³-hybridized carbons (Fsp3) is 0.279. The summed E-state index contributed by atoms with van der Waals surface area (Å²) in [5, 5.41) is 12.4. The summed E-state index contributed by atoms with van der Waals surface area (Å²) in [6.07, 6.45) is 3.59. The van der Waals surface area contributed by atoms with E-state index in [1.807, 2.05) is 49.4 Å². The average molecular weight is 755 g/mol. The van der Waals surface area contributed by atoms with E-state index in [1.165, 1.54) is 20.8 Å². The maximum atomic E-state index is 14.6. The van der Waals surface area contributed by atoms with Gasteiger partial charge in [-0.25, -0.2) is 22.4 Å². The third-order valence-corrected chi connectivity index (χ3v) is 12.7. The number of para-hydroxylation sites is 1. The van der Waals surface area contributed by atoms with Crippen LogP contribution in [-0.4, -0.2) is 89.6 Å². The van der Waals surface area contributed by atoms with Gasteiger partial charge in [0.1, 0.15) is 24.4 Å². The number of piperazine rings is 1. The van der Waals surface area contributed by atoms with Crippen LogP contribution in [0.25, 0.3) is 33.5 Å². The van der Waals surface area contributed by atoms with Gasteiger partial charge in [-0.1, -0.05) is 54.1 Å². The van der Waals surface area contributed by atoms with Gasteiger partial charge in [0, 0.05) is 43.7 Å². The number of benzene rings is 4. The standard InChI is InChI=1S/C43H42N6O5S/c1-28-6-15-33(16-7-28)55(52,53)49-38(31-10-8-29(9-11-31)26-47-20-18-46(2)19-21-47)25-36-40(44-27-45-42(36)49)35-4-3-5-37(41(35)50)48-22-23-54-39-24-32(30-12-13-30)14-17-34(39)43(48)51/h3-11,14-17,24-25,27,30,50H,12-13,18-23,26H2,1-2H3. The minimum atomic E-state index is -4.15. The molecule has 0 bridgehead atoms. The van der Waals surface area contributed by atoms with Crippen molar-refractivity contribution in [1.29, 1.82) is 0 Å². The van der Waals surface area contributed by atoms with Crippen molar-refractivity contribution >= 4 is 32.7 Å². The molecule has 280 valence electrons. The zero-order valence-electron chi connectivity index (χ0n) is 30.9. The summed E-state index contributed by atoms with van der Waals surface area (Å²) in [7, 11) is -2.01. The Balaban J connectivity index is 1.13. The normalized spacial score (nSPS) is 16.9. The molecular weight excluding hydrogens is 713 g/mol. The molecule has 12 heteroatoms. The zero-order chi connectivity index (χ0) is 37.8. The molecule has 4 aromatic carbocycles. The van der Waals surface area contributed by atoms with Crippen molar-refractivity contribution in [2.75, 3.05) is 51.3 Å². The molecule has 1 N–H and O–H groups in total. The van der Waals surface area contributed by atoms with Crippen LogP contribution in [0.3, 0.4) is 0 Å². The Kier molecular flexibility index (Phi) is 8.91. The van der Waals surface area contributed by atoms with E-state index < -0.39 is 10.0 Å². The molecule has 1 saturated carbocycles. The number of fused-ring (bicyclic) bond motifs is 2. The Morgan fingerprint density at radius 1 is 0.855 bits per heavy atom. The number of aryl methyl sites for hydroxylation is 1. The second kappa shape index (κ2) is 13.9. The molecule has 0 radical (unpaired) electrons. The summed E-state index contributed by atoms with van der Waals surface area (Å²) in [6.45, 7) is 7.23. The van der Waals surface area contributed by atoms with Gasteiger partial charge in [0.25, 0.3) is 15.9 Å². The molecule has 0 atom stereocenters. The number of aromatic nitrogens is 3. The molecule has 4 heterocycles. The first-order valence-corrected chi connectivity index (χ1v) is 20.2. The first kappa shape index (κ1) is 35.2. The number of hydrogen-bond donors (Lipinski definition) is 1. The van der Waals surface area contributed by atoms with Crippen LogP contribution in [0, 0.1) is 6.92 Å². The largest absolute Gasteiger partial charge is 0.505 e. The Labute approximate surface area is 320 Å². The minimum absolute atomic E-state index is 0.125. The van der Waals surface area contributed by atoms with Gasteiger partial charge in [-0.05, 0) is 91.9 Å². The first-order chi connectivity index (χ1) is 26.7. The molecule has 6 aromatic rings. The van der Waals surface area contributed by atoms with E-state index in [1.54, 1.807) is 48.5 Å². The third-order valence-electron chi connectivity index (χ3n) is 11.0. The van der Waals surface area contributed by atoms with Crippen LogP contribution in [0.5, 0.6) is 11.5 Å². The van der Waals surface area contributed by atoms with Crippen LogP contribution in [0.2, 0.25) is 0 Å². The molecule has 1 amide bonds. The lowest BCUT2D eigenvalue weighted by Crippen LogP contribution is -2.43. The van der Waals surface area contributed by atoms with Crippen LogP contribution in [0.15, 0.2) is 102 Å². The van der Waals surface area contributed by atoms with Crippen molar-refractivity contribution in [3.05, 3.63) is 120 Å². The molecule has 11 nitrogen and oxygen atoms in total. The van der Waals surface area contributed by atoms with E-state index in [2.05, 4.69) is 26.8 Å². The number of ether oxygens (including phenoxy) is 1. The highest BCUT2D eigenvalue weighted by Crippen LogP contribution is 2.44. The predicted octanol–water partition coefficient (Wildman–Crippen LogP) is 6.68. The molecule has 1 aliphatic carbocycles. The molecular formula is C43H42N6O5S. The second-order valence-electron chi connectivity index (χ2n) is 14.9. The number of carbonyl (C=O) groups excluding carboxylic acids is 1. The van der Waals surface area contributed by atoms with Gasteiger partial charge >= 0.3 is 0 Å². The molecule has 2 fully saturated rings. The van der Waals surface area contributed by atoms with Crippen molar-refractivity contribution in [2.45, 2.75) is 37.1 Å². The van der Waals surface area contributed by atoms with Gasteiger partial charge in [0.15, 0.2) is 5.65 Å². The average Bonchev–Trinajstić information content (AvgIpc) is 3.99. The number of amides is 1. The van der Waals surface area contributed by atoms with E-state index in [4.69, 9.17) is 4.74 Å². The van der Waals surface area contributed by atoms with Crippen molar-refractivity contribution < 1.29 is 23.1 Å². The molecule has 9 rings (SSSR count). The number of phenolic OH excluding ortho intramolecular Hbond substituents is 1. The van der Waals surface area contributed by atoms with Crippen LogP contribution in [0.1, 0.15) is 45.8 Å². The number of anilines is 1. The highest BCUT2D eigenvalue weighted by atomic mass is 32.2. The number of rotatable bonds is 8. The lowest BCUT2D eigenvalue weighted by atomic mass is 10.0. The number of phenols is 1. The molecule has 1 saturated heterocycles. The van der Waals surface area contributed by atoms with Gasteiger partial charge in [0.05, 0.1) is 34.1 Å². The molecule has 0 unspecified atom stereocenters. The Hall–Kier alpha value is -5.56. The van der Waals surface area contributed by atoms with Crippen molar-refractivity contribution in [2.24, 2.45) is 0 Å². The number of nitrogens with zero attached hydrogens (tertiary/aromatic N) is 6. The molecule has 2 aliphatic heterocycles. The SMILES string of the molecule is Cc1ccc(S(=O)(=O)n2c(-c3ccc(CN4CCN(C)CC4)cc3)cc3c(-c4cccc(N5CCOc6cc(C7CC7)ccc6C5=O)c4O)ncnc32)cc1. The molecule has 2 aromatic heterocycles. The van der Waals surface area contributed by atoms with E-state index >= 15 is 0 Å². The topological polar surface area (TPSA) is 121 Å². The summed E-state index contributed by atoms with van der Waals surface area (Å²) in [4.78, 5) is 29.6. The van der Waals surface area contributed by atoms with E-state index in [0.717, 1.165) is 56.7 Å². The maximum Gasteiger partial charge on any atom is 0.269 e. The second-order valence-corrected chi connectivity index (χ2v) is 16.6. The Bertz CT molecular complexity index is 2540. The van der Waals surface area contributed by atoms with Crippen LogP contribution in [0.4, 0.5) is 5.69 Å². The highest BCUT2D eigenvalue weighted by Gasteiger charge is 2.32. The van der Waals surface area contributed by atoms with Gasteiger partial charge in [-0.15, -0.1) is 0 Å². The van der Waals surface area contributed by atoms with Crippen molar-refractivity contribution in [3.63, 3.8) is 0 Å². The number of hydrogen-bond acceptors (Lipinski definition) is 9. The molecule has 3 aliphatic rings. The summed E-state index contributed by atoms with van der Waals surface area (Å²) in [5.74, 6) is 0.644.